The largest absolute Gasteiger partial charge is 0.438 e. The zero-order chi connectivity index (χ0) is 21.6. The second kappa shape index (κ2) is 8.25. The van der Waals surface area contributed by atoms with E-state index in [0.717, 1.165) is 12.7 Å². The van der Waals surface area contributed by atoms with Crippen LogP contribution in [0.15, 0.2) is 25.4 Å². The van der Waals surface area contributed by atoms with Gasteiger partial charge in [-0.3, -0.25) is 19.4 Å². The number of carbonyl (C=O) groups is 2. The van der Waals surface area contributed by atoms with Gasteiger partial charge in [-0.1, -0.05) is 20.4 Å². The first-order chi connectivity index (χ1) is 14.4. The Kier molecular flexibility index (Phi) is 5.84. The number of hydrogen-bond donors (Lipinski definition) is 0. The van der Waals surface area contributed by atoms with Crippen molar-refractivity contribution in [2.24, 2.45) is 59.2 Å². The van der Waals surface area contributed by atoms with E-state index in [1.165, 1.54) is 6.42 Å². The Morgan fingerprint density at radius 1 is 0.967 bits per heavy atom. The van der Waals surface area contributed by atoms with Gasteiger partial charge in [-0.05, 0) is 73.7 Å². The number of hydrogen-bond acceptors (Lipinski definition) is 7. The number of esters is 2. The monoisotopic (exact) mass is 420 g/mol. The van der Waals surface area contributed by atoms with Crippen molar-refractivity contribution in [3.8, 4) is 0 Å². The van der Waals surface area contributed by atoms with Crippen LogP contribution in [-0.4, -0.2) is 25.3 Å². The quantitative estimate of drug-likeness (QED) is 0.107. The minimum atomic E-state index is -0.559. The molecule has 4 aliphatic carbocycles. The molecule has 0 spiro atoms. The van der Waals surface area contributed by atoms with E-state index in [2.05, 4.69) is 31.9 Å². The zero-order valence-electron chi connectivity index (χ0n) is 18.0. The Labute approximate surface area is 177 Å². The summed E-state index contributed by atoms with van der Waals surface area (Å²) in [6, 6.07) is 0. The molecule has 0 heterocycles. The molecule has 0 aromatic carbocycles. The van der Waals surface area contributed by atoms with Gasteiger partial charge in [0.25, 0.3) is 0 Å². The van der Waals surface area contributed by atoms with E-state index in [0.29, 0.717) is 42.1 Å². The number of fused-ring (bicyclic) bond motifs is 9. The molecule has 4 bridgehead atoms. The van der Waals surface area contributed by atoms with Crippen LogP contribution in [0, 0.1) is 59.2 Å². The number of carbonyl (C=O) groups excluding carboxylic acids is 2. The Morgan fingerprint density at radius 2 is 1.53 bits per heavy atom. The van der Waals surface area contributed by atoms with Crippen LogP contribution < -0.4 is 0 Å². The highest BCUT2D eigenvalue weighted by Gasteiger charge is 2.71. The third kappa shape index (κ3) is 3.22. The fourth-order valence-corrected chi connectivity index (χ4v) is 7.46. The molecular formula is C23H32O7. The lowest BCUT2D eigenvalue weighted by atomic mass is 9.59. The van der Waals surface area contributed by atoms with E-state index in [1.807, 2.05) is 6.92 Å². The summed E-state index contributed by atoms with van der Waals surface area (Å²) in [4.78, 5) is 35.5. The van der Waals surface area contributed by atoms with Gasteiger partial charge < -0.3 is 14.2 Å². The smallest absolute Gasteiger partial charge is 0.330 e. The summed E-state index contributed by atoms with van der Waals surface area (Å²) in [6.07, 6.45) is 3.13. The lowest BCUT2D eigenvalue weighted by Crippen LogP contribution is -2.47. The second-order valence-electron chi connectivity index (χ2n) is 9.26. The first-order valence-electron chi connectivity index (χ1n) is 11.0. The van der Waals surface area contributed by atoms with E-state index < -0.39 is 17.8 Å². The molecule has 10 unspecified atom stereocenters. The Morgan fingerprint density at radius 3 is 2.10 bits per heavy atom. The highest BCUT2D eigenvalue weighted by atomic mass is 17.2. The maximum Gasteiger partial charge on any atom is 0.330 e. The molecule has 0 aromatic heterocycles. The fourth-order valence-electron chi connectivity index (χ4n) is 7.46. The summed E-state index contributed by atoms with van der Waals surface area (Å²) >= 11 is 0. The SMILES string of the molecule is C=COOC(=C)OC(=O)C1C2CC(C1C(=O)OCOCC)C1C3CC(C(C)C3C)C21. The van der Waals surface area contributed by atoms with Gasteiger partial charge in [0.05, 0.1) is 11.8 Å². The fraction of sp³-hybridized carbons (Fsp3) is 0.739. The van der Waals surface area contributed by atoms with E-state index in [1.54, 1.807) is 0 Å². The Bertz CT molecular complexity index is 718. The van der Waals surface area contributed by atoms with Crippen molar-refractivity contribution in [2.45, 2.75) is 33.6 Å². The molecule has 0 aliphatic heterocycles. The average Bonchev–Trinajstić information content (AvgIpc) is 3.45. The van der Waals surface area contributed by atoms with Crippen molar-refractivity contribution in [2.75, 3.05) is 13.4 Å². The summed E-state index contributed by atoms with van der Waals surface area (Å²) in [7, 11) is 0. The van der Waals surface area contributed by atoms with Gasteiger partial charge in [-0.25, -0.2) is 0 Å². The van der Waals surface area contributed by atoms with Crippen LogP contribution >= 0.6 is 0 Å². The molecule has 30 heavy (non-hydrogen) atoms. The normalized spacial score (nSPS) is 42.5. The van der Waals surface area contributed by atoms with Gasteiger partial charge >= 0.3 is 17.9 Å². The molecule has 0 aromatic rings. The molecule has 0 radical (unpaired) electrons. The summed E-state index contributed by atoms with van der Waals surface area (Å²) in [6.45, 7) is 13.8. The van der Waals surface area contributed by atoms with Crippen LogP contribution in [0.1, 0.15) is 33.6 Å². The van der Waals surface area contributed by atoms with E-state index in [4.69, 9.17) is 19.1 Å². The van der Waals surface area contributed by atoms with Crippen LogP contribution in [0.25, 0.3) is 0 Å². The third-order valence-corrected chi connectivity index (χ3v) is 8.46. The summed E-state index contributed by atoms with van der Waals surface area (Å²) < 4.78 is 15.9. The summed E-state index contributed by atoms with van der Waals surface area (Å²) in [5, 5.41) is 0. The number of ether oxygens (including phenoxy) is 3. The lowest BCUT2D eigenvalue weighted by Gasteiger charge is -2.45. The maximum absolute atomic E-state index is 13.1. The molecule has 10 atom stereocenters. The molecule has 7 nitrogen and oxygen atoms in total. The van der Waals surface area contributed by atoms with Gasteiger partial charge in [0, 0.05) is 6.61 Å². The standard InChI is InChI=1S/C23H32O7/c1-6-26-10-27-22(24)20-16-9-17(21(20)23(25)29-13(5)30-28-7-2)19-15-8-14(18(16)19)11(3)12(15)4/h7,11-12,14-21H,2,5-6,8-10H2,1,3-4H3. The molecule has 7 heteroatoms. The van der Waals surface area contributed by atoms with Crippen molar-refractivity contribution in [1.29, 1.82) is 0 Å². The van der Waals surface area contributed by atoms with Gasteiger partial charge in [-0.2, -0.15) is 0 Å². The summed E-state index contributed by atoms with van der Waals surface area (Å²) in [5.41, 5.74) is 0. The molecule has 4 rings (SSSR count). The van der Waals surface area contributed by atoms with E-state index in [-0.39, 0.29) is 30.5 Å². The molecule has 4 aliphatic rings. The molecule has 166 valence electrons. The molecular weight excluding hydrogens is 388 g/mol. The van der Waals surface area contributed by atoms with Crippen LogP contribution in [-0.2, 0) is 33.6 Å². The van der Waals surface area contributed by atoms with Gasteiger partial charge in [-0.15, -0.1) is 0 Å². The minimum Gasteiger partial charge on any atom is -0.438 e. The Balaban J connectivity index is 1.55. The van der Waals surface area contributed by atoms with Crippen molar-refractivity contribution in [3.63, 3.8) is 0 Å². The van der Waals surface area contributed by atoms with Crippen LogP contribution in [0.2, 0.25) is 0 Å². The average molecular weight is 421 g/mol. The van der Waals surface area contributed by atoms with Crippen molar-refractivity contribution in [3.05, 3.63) is 25.4 Å². The zero-order valence-corrected chi connectivity index (χ0v) is 18.0. The lowest BCUT2D eigenvalue weighted by molar-refractivity contribution is -0.248. The van der Waals surface area contributed by atoms with E-state index in [9.17, 15) is 9.59 Å². The second-order valence-corrected chi connectivity index (χ2v) is 9.26. The predicted molar refractivity (Wildman–Crippen MR) is 106 cm³/mol. The third-order valence-electron chi connectivity index (χ3n) is 8.46. The highest BCUT2D eigenvalue weighted by molar-refractivity contribution is 5.84. The van der Waals surface area contributed by atoms with Crippen molar-refractivity contribution < 1.29 is 33.6 Å². The Hall–Kier alpha value is -2.02. The van der Waals surface area contributed by atoms with Gasteiger partial charge in [0.2, 0.25) is 0 Å². The molecule has 4 fully saturated rings. The maximum atomic E-state index is 13.1. The van der Waals surface area contributed by atoms with Crippen LogP contribution in [0.3, 0.4) is 0 Å². The first-order valence-corrected chi connectivity index (χ1v) is 11.0. The van der Waals surface area contributed by atoms with Crippen LogP contribution in [0.5, 0.6) is 0 Å². The number of rotatable bonds is 9. The molecule has 0 N–H and O–H groups in total. The first kappa shape index (κ1) is 21.2. The van der Waals surface area contributed by atoms with Gasteiger partial charge in [0.15, 0.2) is 6.79 Å². The van der Waals surface area contributed by atoms with Crippen LogP contribution in [0.4, 0.5) is 0 Å². The summed E-state index contributed by atoms with van der Waals surface area (Å²) in [5.74, 6) is 1.57. The van der Waals surface area contributed by atoms with Crippen molar-refractivity contribution >= 4 is 11.9 Å². The van der Waals surface area contributed by atoms with E-state index >= 15 is 0 Å². The molecule has 4 saturated carbocycles. The predicted octanol–water partition coefficient (Wildman–Crippen LogP) is 3.67. The molecule has 0 saturated heterocycles. The molecule has 0 amide bonds. The minimum absolute atomic E-state index is 0.0957. The van der Waals surface area contributed by atoms with Crippen molar-refractivity contribution in [1.82, 2.24) is 0 Å². The van der Waals surface area contributed by atoms with Gasteiger partial charge in [0.1, 0.15) is 6.26 Å². The highest BCUT2D eigenvalue weighted by Crippen LogP contribution is 2.72. The topological polar surface area (TPSA) is 80.3 Å².